The van der Waals surface area contributed by atoms with E-state index in [0.717, 1.165) is 16.9 Å². The van der Waals surface area contributed by atoms with E-state index in [4.69, 9.17) is 4.74 Å². The van der Waals surface area contributed by atoms with Gasteiger partial charge in [0, 0.05) is 18.2 Å². The first-order valence-corrected chi connectivity index (χ1v) is 8.42. The Morgan fingerprint density at radius 2 is 1.96 bits per heavy atom. The largest absolute Gasteiger partial charge is 0.494 e. The summed E-state index contributed by atoms with van der Waals surface area (Å²) < 4.78 is 18.6. The van der Waals surface area contributed by atoms with Crippen molar-refractivity contribution >= 4 is 5.91 Å². The number of halogens is 1. The molecule has 2 unspecified atom stereocenters. The highest BCUT2D eigenvalue weighted by Gasteiger charge is 2.30. The van der Waals surface area contributed by atoms with Gasteiger partial charge in [-0.1, -0.05) is 30.3 Å². The summed E-state index contributed by atoms with van der Waals surface area (Å²) in [6.07, 6.45) is 0.602. The number of para-hydroxylation sites is 1. The third-order valence-corrected chi connectivity index (χ3v) is 4.22. The lowest BCUT2D eigenvalue weighted by Crippen LogP contribution is -2.42. The van der Waals surface area contributed by atoms with Crippen LogP contribution in [0.2, 0.25) is 0 Å². The number of amides is 1. The molecule has 0 spiro atoms. The van der Waals surface area contributed by atoms with Gasteiger partial charge in [0.25, 0.3) is 0 Å². The maximum Gasteiger partial charge on any atom is 0.238 e. The van der Waals surface area contributed by atoms with E-state index in [9.17, 15) is 9.18 Å². The first-order chi connectivity index (χ1) is 12.2. The number of carbonyl (C=O) groups is 1. The van der Waals surface area contributed by atoms with Gasteiger partial charge in [-0.25, -0.2) is 15.2 Å². The van der Waals surface area contributed by atoms with E-state index in [1.807, 2.05) is 31.2 Å². The van der Waals surface area contributed by atoms with Crippen LogP contribution < -0.4 is 20.9 Å². The van der Waals surface area contributed by atoms with Gasteiger partial charge in [0.1, 0.15) is 17.6 Å². The molecule has 1 fully saturated rings. The number of carbonyl (C=O) groups excluding carboxylic acids is 1. The fourth-order valence-corrected chi connectivity index (χ4v) is 2.89. The number of rotatable bonds is 6. The maximum atomic E-state index is 13.0. The molecule has 2 atom stereocenters. The molecule has 2 aromatic rings. The maximum absolute atomic E-state index is 13.0. The summed E-state index contributed by atoms with van der Waals surface area (Å²) >= 11 is 0. The van der Waals surface area contributed by atoms with Gasteiger partial charge in [0.15, 0.2) is 0 Å². The van der Waals surface area contributed by atoms with Crippen LogP contribution in [0.15, 0.2) is 48.5 Å². The first-order valence-electron chi connectivity index (χ1n) is 8.42. The van der Waals surface area contributed by atoms with Crippen molar-refractivity contribution in [3.8, 4) is 5.75 Å². The minimum Gasteiger partial charge on any atom is -0.494 e. The summed E-state index contributed by atoms with van der Waals surface area (Å²) in [5.41, 5.74) is 8.00. The zero-order valence-electron chi connectivity index (χ0n) is 14.1. The second-order valence-corrected chi connectivity index (χ2v) is 5.94. The summed E-state index contributed by atoms with van der Waals surface area (Å²) in [5, 5.41) is 2.94. The Morgan fingerprint density at radius 3 is 2.72 bits per heavy atom. The van der Waals surface area contributed by atoms with Crippen LogP contribution in [-0.2, 0) is 11.3 Å². The topological polar surface area (TPSA) is 62.4 Å². The summed E-state index contributed by atoms with van der Waals surface area (Å²) in [4.78, 5) is 12.4. The van der Waals surface area contributed by atoms with Gasteiger partial charge < -0.3 is 10.1 Å². The van der Waals surface area contributed by atoms with Crippen molar-refractivity contribution in [1.29, 1.82) is 0 Å². The van der Waals surface area contributed by atoms with E-state index in [1.54, 1.807) is 12.1 Å². The van der Waals surface area contributed by atoms with Crippen LogP contribution in [-0.4, -0.2) is 18.6 Å². The lowest BCUT2D eigenvalue weighted by atomic mass is 10.0. The molecule has 1 aliphatic rings. The SMILES string of the molecule is CCOc1ccccc1CNC(=O)C1CC(c2ccc(F)cc2)NN1. The summed E-state index contributed by atoms with van der Waals surface area (Å²) in [5.74, 6) is 0.437. The Bertz CT molecular complexity index is 721. The fraction of sp³-hybridized carbons (Fsp3) is 0.316. The molecular formula is C19H22FN3O2. The summed E-state index contributed by atoms with van der Waals surface area (Å²) in [6.45, 7) is 2.92. The van der Waals surface area contributed by atoms with E-state index in [1.165, 1.54) is 12.1 Å². The first kappa shape index (κ1) is 17.4. The molecule has 3 rings (SSSR count). The van der Waals surface area contributed by atoms with E-state index in [2.05, 4.69) is 16.2 Å². The van der Waals surface area contributed by atoms with Crippen LogP contribution >= 0.6 is 0 Å². The molecule has 3 N–H and O–H groups in total. The highest BCUT2D eigenvalue weighted by Crippen LogP contribution is 2.23. The molecule has 1 saturated heterocycles. The van der Waals surface area contributed by atoms with Gasteiger partial charge in [0.05, 0.1) is 6.61 Å². The lowest BCUT2D eigenvalue weighted by molar-refractivity contribution is -0.123. The molecule has 5 nitrogen and oxygen atoms in total. The van der Waals surface area contributed by atoms with Gasteiger partial charge in [-0.15, -0.1) is 0 Å². The van der Waals surface area contributed by atoms with E-state index >= 15 is 0 Å². The third-order valence-electron chi connectivity index (χ3n) is 4.22. The standard InChI is InChI=1S/C19H22FN3O2/c1-2-25-18-6-4-3-5-14(18)12-21-19(24)17-11-16(22-23-17)13-7-9-15(20)10-8-13/h3-10,16-17,22-23H,2,11-12H2,1H3,(H,21,24). The van der Waals surface area contributed by atoms with Gasteiger partial charge >= 0.3 is 0 Å². The minimum absolute atomic E-state index is 0.0212. The van der Waals surface area contributed by atoms with Crippen LogP contribution in [0.3, 0.4) is 0 Å². The number of hydrogen-bond acceptors (Lipinski definition) is 4. The molecule has 25 heavy (non-hydrogen) atoms. The second kappa shape index (κ2) is 8.09. The monoisotopic (exact) mass is 343 g/mol. The summed E-state index contributed by atoms with van der Waals surface area (Å²) in [7, 11) is 0. The third kappa shape index (κ3) is 4.35. The van der Waals surface area contributed by atoms with Crippen LogP contribution in [0.25, 0.3) is 0 Å². The van der Waals surface area contributed by atoms with Crippen molar-refractivity contribution in [3.05, 3.63) is 65.5 Å². The van der Waals surface area contributed by atoms with Crippen LogP contribution in [0.4, 0.5) is 4.39 Å². The van der Waals surface area contributed by atoms with E-state index in [-0.39, 0.29) is 23.8 Å². The molecule has 1 amide bonds. The molecule has 1 aliphatic heterocycles. The molecule has 0 aromatic heterocycles. The Morgan fingerprint density at radius 1 is 1.20 bits per heavy atom. The van der Waals surface area contributed by atoms with Gasteiger partial charge in [-0.2, -0.15) is 0 Å². The smallest absolute Gasteiger partial charge is 0.238 e. The highest BCUT2D eigenvalue weighted by atomic mass is 19.1. The van der Waals surface area contributed by atoms with Crippen LogP contribution in [0.1, 0.15) is 30.5 Å². The minimum atomic E-state index is -0.339. The zero-order chi connectivity index (χ0) is 17.6. The quantitative estimate of drug-likeness (QED) is 0.754. The van der Waals surface area contributed by atoms with E-state index < -0.39 is 0 Å². The second-order valence-electron chi connectivity index (χ2n) is 5.94. The van der Waals surface area contributed by atoms with Gasteiger partial charge in [0.2, 0.25) is 5.91 Å². The molecule has 0 aliphatic carbocycles. The molecule has 2 aromatic carbocycles. The molecule has 6 heteroatoms. The number of benzene rings is 2. The van der Waals surface area contributed by atoms with Crippen molar-refractivity contribution in [2.24, 2.45) is 0 Å². The number of hydrogen-bond donors (Lipinski definition) is 3. The Kier molecular flexibility index (Phi) is 5.63. The summed E-state index contributed by atoms with van der Waals surface area (Å²) in [6, 6.07) is 13.6. The average Bonchev–Trinajstić information content (AvgIpc) is 3.12. The lowest BCUT2D eigenvalue weighted by Gasteiger charge is -2.13. The molecule has 0 saturated carbocycles. The van der Waals surface area contributed by atoms with Crippen LogP contribution in [0, 0.1) is 5.82 Å². The van der Waals surface area contributed by atoms with Crippen molar-refractivity contribution < 1.29 is 13.9 Å². The number of nitrogens with one attached hydrogen (secondary N) is 3. The van der Waals surface area contributed by atoms with Crippen LogP contribution in [0.5, 0.6) is 5.75 Å². The molecule has 0 radical (unpaired) electrons. The average molecular weight is 343 g/mol. The molecule has 132 valence electrons. The Labute approximate surface area is 146 Å². The number of ether oxygens (including phenoxy) is 1. The fourth-order valence-electron chi connectivity index (χ4n) is 2.89. The van der Waals surface area contributed by atoms with E-state index in [0.29, 0.717) is 19.6 Å². The predicted molar refractivity (Wildman–Crippen MR) is 93.3 cm³/mol. The van der Waals surface area contributed by atoms with Gasteiger partial charge in [-0.05, 0) is 37.1 Å². The predicted octanol–water partition coefficient (Wildman–Crippen LogP) is 2.45. The zero-order valence-corrected chi connectivity index (χ0v) is 14.1. The highest BCUT2D eigenvalue weighted by molar-refractivity contribution is 5.82. The normalized spacial score (nSPS) is 19.6. The van der Waals surface area contributed by atoms with Crippen molar-refractivity contribution in [2.75, 3.05) is 6.61 Å². The molecule has 1 heterocycles. The van der Waals surface area contributed by atoms with Crippen molar-refractivity contribution in [1.82, 2.24) is 16.2 Å². The number of hydrazine groups is 1. The Balaban J connectivity index is 1.55. The van der Waals surface area contributed by atoms with Crippen molar-refractivity contribution in [3.63, 3.8) is 0 Å². The Hall–Kier alpha value is -2.44. The molecular weight excluding hydrogens is 321 g/mol. The molecule has 0 bridgehead atoms. The van der Waals surface area contributed by atoms with Crippen molar-refractivity contribution in [2.45, 2.75) is 32.0 Å². The van der Waals surface area contributed by atoms with Gasteiger partial charge in [-0.3, -0.25) is 4.79 Å².